The molecule has 0 bridgehead atoms. The lowest BCUT2D eigenvalue weighted by Gasteiger charge is -2.14. The first-order valence-corrected chi connectivity index (χ1v) is 6.09. The van der Waals surface area contributed by atoms with Crippen molar-refractivity contribution in [3.05, 3.63) is 30.1 Å². The fourth-order valence-electron chi connectivity index (χ4n) is 1.01. The molecule has 0 saturated heterocycles. The van der Waals surface area contributed by atoms with Crippen LogP contribution in [0.3, 0.4) is 0 Å². The van der Waals surface area contributed by atoms with Gasteiger partial charge in [0, 0.05) is 0 Å². The predicted octanol–water partition coefficient (Wildman–Crippen LogP) is 0.698. The summed E-state index contributed by atoms with van der Waals surface area (Å²) in [6.45, 7) is -2.16. The number of rotatable bonds is 5. The summed E-state index contributed by atoms with van der Waals surface area (Å²) in [5.74, 6) is -4.37. The van der Waals surface area contributed by atoms with Crippen molar-refractivity contribution in [2.45, 2.75) is 10.8 Å². The number of nitrogens with one attached hydrogen (secondary N) is 1. The van der Waals surface area contributed by atoms with Crippen LogP contribution in [0.4, 0.5) is 13.2 Å². The molecule has 0 aliphatic rings. The number of benzene rings is 1. The summed E-state index contributed by atoms with van der Waals surface area (Å²) in [5, 5.41) is 0. The maximum absolute atomic E-state index is 13.2. The molecular formula is C9H11F3N2O2S. The van der Waals surface area contributed by atoms with Crippen molar-refractivity contribution in [3.63, 3.8) is 0 Å². The summed E-state index contributed by atoms with van der Waals surface area (Å²) < 4.78 is 63.3. The predicted molar refractivity (Wildman–Crippen MR) is 55.6 cm³/mol. The van der Waals surface area contributed by atoms with E-state index in [-0.39, 0.29) is 0 Å². The number of nitrogens with two attached hydrogens (primary N) is 1. The molecule has 0 saturated carbocycles. The molecule has 1 rings (SSSR count). The van der Waals surface area contributed by atoms with Crippen molar-refractivity contribution in [3.8, 4) is 0 Å². The molecule has 4 nitrogen and oxygen atoms in total. The van der Waals surface area contributed by atoms with E-state index in [0.717, 1.165) is 12.1 Å². The van der Waals surface area contributed by atoms with E-state index in [0.29, 0.717) is 0 Å². The molecule has 0 aromatic heterocycles. The van der Waals surface area contributed by atoms with Gasteiger partial charge in [-0.15, -0.1) is 0 Å². The summed E-state index contributed by atoms with van der Waals surface area (Å²) in [6, 6.07) is 4.50. The average Bonchev–Trinajstić information content (AvgIpc) is 2.27. The fraction of sp³-hybridized carbons (Fsp3) is 0.333. The largest absolute Gasteiger partial charge is 0.325 e. The zero-order valence-corrected chi connectivity index (χ0v) is 9.48. The van der Waals surface area contributed by atoms with Crippen LogP contribution >= 0.6 is 0 Å². The highest BCUT2D eigenvalue weighted by Crippen LogP contribution is 2.15. The summed E-state index contributed by atoms with van der Waals surface area (Å²) in [4.78, 5) is -0.673. The third-order valence-corrected chi connectivity index (χ3v) is 3.38. The Morgan fingerprint density at radius 2 is 1.88 bits per heavy atom. The van der Waals surface area contributed by atoms with Crippen LogP contribution in [0.25, 0.3) is 0 Å². The number of sulfonamides is 1. The third kappa shape index (κ3) is 3.69. The summed E-state index contributed by atoms with van der Waals surface area (Å²) in [6.07, 6.45) is 0. The lowest BCUT2D eigenvalue weighted by Crippen LogP contribution is -2.41. The average molecular weight is 268 g/mol. The normalized spacial score (nSPS) is 12.7. The standard InChI is InChI=1S/C9H11F3N2O2S/c10-7-3-1-2-4-8(7)17(15,16)14-6-9(11,12)5-13/h1-4,14H,5-6,13H2. The van der Waals surface area contributed by atoms with Crippen LogP contribution in [0.2, 0.25) is 0 Å². The summed E-state index contributed by atoms with van der Waals surface area (Å²) in [7, 11) is -4.29. The van der Waals surface area contributed by atoms with Crippen LogP contribution in [0.5, 0.6) is 0 Å². The van der Waals surface area contributed by atoms with E-state index in [1.807, 2.05) is 0 Å². The molecule has 1 aromatic rings. The van der Waals surface area contributed by atoms with E-state index >= 15 is 0 Å². The van der Waals surface area contributed by atoms with Crippen LogP contribution in [0, 0.1) is 5.82 Å². The molecule has 0 amide bonds. The number of halogens is 3. The Balaban J connectivity index is 2.88. The Bertz CT molecular complexity index is 491. The van der Waals surface area contributed by atoms with Crippen LogP contribution in [0.15, 0.2) is 29.2 Å². The lowest BCUT2D eigenvalue weighted by atomic mass is 10.3. The third-order valence-electron chi connectivity index (χ3n) is 1.95. The maximum Gasteiger partial charge on any atom is 0.273 e. The summed E-state index contributed by atoms with van der Waals surface area (Å²) in [5.41, 5.74) is 4.75. The van der Waals surface area contributed by atoms with Crippen molar-refractivity contribution < 1.29 is 21.6 Å². The number of hydrogen-bond donors (Lipinski definition) is 2. The van der Waals surface area contributed by atoms with Gasteiger partial charge in [-0.25, -0.2) is 26.3 Å². The zero-order chi connectivity index (χ0) is 13.1. The molecule has 0 heterocycles. The number of hydrogen-bond acceptors (Lipinski definition) is 3. The second-order valence-electron chi connectivity index (χ2n) is 3.32. The van der Waals surface area contributed by atoms with Gasteiger partial charge in [0.2, 0.25) is 10.0 Å². The quantitative estimate of drug-likeness (QED) is 0.825. The molecule has 0 spiro atoms. The minimum Gasteiger partial charge on any atom is -0.325 e. The lowest BCUT2D eigenvalue weighted by molar-refractivity contribution is 0.0170. The van der Waals surface area contributed by atoms with Gasteiger partial charge < -0.3 is 5.73 Å². The molecule has 17 heavy (non-hydrogen) atoms. The van der Waals surface area contributed by atoms with Crippen LogP contribution in [0.1, 0.15) is 0 Å². The molecular weight excluding hydrogens is 257 g/mol. The SMILES string of the molecule is NCC(F)(F)CNS(=O)(=O)c1ccccc1F. The second-order valence-corrected chi connectivity index (χ2v) is 5.05. The number of alkyl halides is 2. The Labute approximate surface area is 96.7 Å². The molecule has 0 aliphatic heterocycles. The smallest absolute Gasteiger partial charge is 0.273 e. The van der Waals surface area contributed by atoms with E-state index < -0.39 is 39.7 Å². The van der Waals surface area contributed by atoms with Gasteiger partial charge in [0.05, 0.1) is 13.1 Å². The van der Waals surface area contributed by atoms with E-state index in [4.69, 9.17) is 5.73 Å². The highest BCUT2D eigenvalue weighted by atomic mass is 32.2. The van der Waals surface area contributed by atoms with Crippen molar-refractivity contribution in [2.75, 3.05) is 13.1 Å². The molecule has 8 heteroatoms. The summed E-state index contributed by atoms with van der Waals surface area (Å²) >= 11 is 0. The molecule has 0 aliphatic carbocycles. The van der Waals surface area contributed by atoms with Crippen LogP contribution in [-0.4, -0.2) is 27.4 Å². The van der Waals surface area contributed by atoms with Gasteiger partial charge in [-0.2, -0.15) is 0 Å². The van der Waals surface area contributed by atoms with Gasteiger partial charge in [-0.1, -0.05) is 12.1 Å². The maximum atomic E-state index is 13.2. The molecule has 1 aromatic carbocycles. The van der Waals surface area contributed by atoms with E-state index in [2.05, 4.69) is 0 Å². The van der Waals surface area contributed by atoms with Crippen LogP contribution < -0.4 is 10.5 Å². The highest BCUT2D eigenvalue weighted by Gasteiger charge is 2.30. The second kappa shape index (κ2) is 5.03. The van der Waals surface area contributed by atoms with Gasteiger partial charge in [0.15, 0.2) is 0 Å². The van der Waals surface area contributed by atoms with Gasteiger partial charge in [-0.05, 0) is 12.1 Å². The van der Waals surface area contributed by atoms with E-state index in [1.54, 1.807) is 4.72 Å². The molecule has 0 unspecified atom stereocenters. The Kier molecular flexibility index (Phi) is 4.12. The van der Waals surface area contributed by atoms with Crippen molar-refractivity contribution in [1.82, 2.24) is 4.72 Å². The molecule has 0 radical (unpaired) electrons. The van der Waals surface area contributed by atoms with Gasteiger partial charge in [0.1, 0.15) is 10.7 Å². The first-order chi connectivity index (χ1) is 7.78. The van der Waals surface area contributed by atoms with E-state index in [1.165, 1.54) is 12.1 Å². The first-order valence-electron chi connectivity index (χ1n) is 4.60. The van der Waals surface area contributed by atoms with Gasteiger partial charge in [-0.3, -0.25) is 0 Å². The molecule has 96 valence electrons. The Morgan fingerprint density at radius 3 is 2.41 bits per heavy atom. The van der Waals surface area contributed by atoms with E-state index in [9.17, 15) is 21.6 Å². The Hall–Kier alpha value is -1.12. The monoisotopic (exact) mass is 268 g/mol. The van der Waals surface area contributed by atoms with Gasteiger partial charge >= 0.3 is 0 Å². The minimum atomic E-state index is -4.29. The van der Waals surface area contributed by atoms with Crippen LogP contribution in [-0.2, 0) is 10.0 Å². The van der Waals surface area contributed by atoms with Crippen molar-refractivity contribution in [2.24, 2.45) is 5.73 Å². The van der Waals surface area contributed by atoms with Crippen molar-refractivity contribution >= 4 is 10.0 Å². The van der Waals surface area contributed by atoms with Crippen molar-refractivity contribution in [1.29, 1.82) is 0 Å². The Morgan fingerprint density at radius 1 is 1.29 bits per heavy atom. The van der Waals surface area contributed by atoms with Gasteiger partial charge in [0.25, 0.3) is 5.92 Å². The zero-order valence-electron chi connectivity index (χ0n) is 8.66. The minimum absolute atomic E-state index is 0.673. The first kappa shape index (κ1) is 13.9. The molecule has 0 atom stereocenters. The topological polar surface area (TPSA) is 72.2 Å². The fourth-order valence-corrected chi connectivity index (χ4v) is 2.15. The highest BCUT2D eigenvalue weighted by molar-refractivity contribution is 7.89. The molecule has 3 N–H and O–H groups in total. The molecule has 0 fully saturated rings.